The topological polar surface area (TPSA) is 87.1 Å². The van der Waals surface area contributed by atoms with Crippen LogP contribution in [0.25, 0.3) is 0 Å². The number of esters is 2. The molecule has 1 aromatic heterocycles. The van der Waals surface area contributed by atoms with Crippen LogP contribution in [0.15, 0.2) is 10.5 Å². The largest absolute Gasteiger partial charge is 0.461 e. The SMILES string of the molecule is CCOC(=O)/C(=N\OC1(C(=O)OC(C)(C)C)CC(C)(C)C1)c1csc(C)n1. The molecule has 0 radical (unpaired) electrons. The molecule has 7 nitrogen and oxygen atoms in total. The number of aromatic nitrogens is 1. The van der Waals surface area contributed by atoms with Gasteiger partial charge in [-0.15, -0.1) is 11.3 Å². The molecule has 8 heteroatoms. The molecule has 0 saturated heterocycles. The molecular formula is C19H28N2O5S. The number of carbonyl (C=O) groups is 2. The molecule has 0 atom stereocenters. The fraction of sp³-hybridized carbons (Fsp3) is 0.684. The van der Waals surface area contributed by atoms with E-state index in [4.69, 9.17) is 14.3 Å². The van der Waals surface area contributed by atoms with E-state index in [0.717, 1.165) is 5.01 Å². The van der Waals surface area contributed by atoms with Gasteiger partial charge in [0.25, 0.3) is 0 Å². The van der Waals surface area contributed by atoms with Gasteiger partial charge in [-0.05, 0) is 40.0 Å². The third-order valence-electron chi connectivity index (χ3n) is 3.94. The summed E-state index contributed by atoms with van der Waals surface area (Å²) in [7, 11) is 0. The molecule has 0 amide bonds. The number of hydrogen-bond acceptors (Lipinski definition) is 8. The molecule has 0 aliphatic heterocycles. The van der Waals surface area contributed by atoms with Crippen LogP contribution in [0.4, 0.5) is 0 Å². The van der Waals surface area contributed by atoms with Gasteiger partial charge in [-0.2, -0.15) is 0 Å². The van der Waals surface area contributed by atoms with Crippen molar-refractivity contribution in [1.82, 2.24) is 4.98 Å². The third kappa shape index (κ3) is 5.28. The Hall–Kier alpha value is -1.96. The van der Waals surface area contributed by atoms with Gasteiger partial charge in [0.05, 0.1) is 11.6 Å². The Morgan fingerprint density at radius 2 is 1.93 bits per heavy atom. The first-order valence-corrected chi connectivity index (χ1v) is 9.85. The van der Waals surface area contributed by atoms with Crippen molar-refractivity contribution in [3.8, 4) is 0 Å². The first-order valence-electron chi connectivity index (χ1n) is 8.97. The first kappa shape index (κ1) is 21.3. The van der Waals surface area contributed by atoms with Gasteiger partial charge in [0.1, 0.15) is 11.3 Å². The smallest absolute Gasteiger partial charge is 0.362 e. The Morgan fingerprint density at radius 1 is 1.30 bits per heavy atom. The van der Waals surface area contributed by atoms with E-state index in [9.17, 15) is 9.59 Å². The van der Waals surface area contributed by atoms with E-state index in [2.05, 4.69) is 10.1 Å². The van der Waals surface area contributed by atoms with Crippen LogP contribution in [0.3, 0.4) is 0 Å². The molecule has 1 heterocycles. The molecule has 0 spiro atoms. The molecule has 150 valence electrons. The van der Waals surface area contributed by atoms with Crippen molar-refractivity contribution in [2.45, 2.75) is 72.5 Å². The number of thiazole rings is 1. The van der Waals surface area contributed by atoms with Crippen molar-refractivity contribution in [3.05, 3.63) is 16.1 Å². The zero-order valence-corrected chi connectivity index (χ0v) is 17.9. The lowest BCUT2D eigenvalue weighted by Crippen LogP contribution is -2.57. The zero-order chi connectivity index (χ0) is 20.5. The third-order valence-corrected chi connectivity index (χ3v) is 4.71. The standard InChI is InChI=1S/C19H28N2O5S/c1-8-24-15(22)14(13-9-27-12(2)20-13)21-26-19(10-18(6,7)11-19)16(23)25-17(3,4)5/h9H,8,10-11H2,1-7H3/b21-14-. The Balaban J connectivity index is 2.31. The van der Waals surface area contributed by atoms with Gasteiger partial charge in [-0.3, -0.25) is 0 Å². The van der Waals surface area contributed by atoms with Crippen molar-refractivity contribution in [2.24, 2.45) is 10.6 Å². The van der Waals surface area contributed by atoms with Gasteiger partial charge >= 0.3 is 11.9 Å². The number of hydrogen-bond donors (Lipinski definition) is 0. The van der Waals surface area contributed by atoms with Crippen LogP contribution < -0.4 is 0 Å². The normalized spacial score (nSPS) is 18.4. The van der Waals surface area contributed by atoms with Gasteiger partial charge in [-0.1, -0.05) is 19.0 Å². The van der Waals surface area contributed by atoms with Crippen LogP contribution in [0, 0.1) is 12.3 Å². The van der Waals surface area contributed by atoms with E-state index in [0.29, 0.717) is 18.5 Å². The van der Waals surface area contributed by atoms with Crippen LogP contribution in [0.1, 0.15) is 65.1 Å². The van der Waals surface area contributed by atoms with Crippen molar-refractivity contribution in [2.75, 3.05) is 6.61 Å². The highest BCUT2D eigenvalue weighted by molar-refractivity contribution is 7.09. The summed E-state index contributed by atoms with van der Waals surface area (Å²) < 4.78 is 10.6. The highest BCUT2D eigenvalue weighted by Gasteiger charge is 2.59. The maximum atomic E-state index is 12.8. The molecule has 0 N–H and O–H groups in total. The lowest BCUT2D eigenvalue weighted by Gasteiger charge is -2.49. The summed E-state index contributed by atoms with van der Waals surface area (Å²) in [6.07, 6.45) is 0.898. The zero-order valence-electron chi connectivity index (χ0n) is 17.0. The van der Waals surface area contributed by atoms with Gasteiger partial charge in [0.2, 0.25) is 11.3 Å². The summed E-state index contributed by atoms with van der Waals surface area (Å²) in [5, 5.41) is 6.52. The molecular weight excluding hydrogens is 368 g/mol. The predicted octanol–water partition coefficient (Wildman–Crippen LogP) is 3.64. The van der Waals surface area contributed by atoms with Gasteiger partial charge < -0.3 is 14.3 Å². The summed E-state index contributed by atoms with van der Waals surface area (Å²) in [5.74, 6) is -1.11. The van der Waals surface area contributed by atoms with Crippen LogP contribution in [-0.2, 0) is 23.9 Å². The van der Waals surface area contributed by atoms with Crippen molar-refractivity contribution < 1.29 is 23.9 Å². The summed E-state index contributed by atoms with van der Waals surface area (Å²) in [5.41, 5.74) is -1.61. The minimum atomic E-state index is -1.21. The van der Waals surface area contributed by atoms with E-state index < -0.39 is 23.1 Å². The average Bonchev–Trinajstić information content (AvgIpc) is 2.90. The monoisotopic (exact) mass is 396 g/mol. The van der Waals surface area contributed by atoms with Crippen LogP contribution in [0.5, 0.6) is 0 Å². The second-order valence-corrected chi connectivity index (χ2v) is 9.58. The number of aryl methyl sites for hydroxylation is 1. The van der Waals surface area contributed by atoms with Crippen LogP contribution in [-0.4, -0.2) is 40.4 Å². The number of rotatable bonds is 6. The second kappa shape index (κ2) is 7.58. The number of nitrogens with zero attached hydrogens (tertiary/aromatic N) is 2. The molecule has 0 unspecified atom stereocenters. The highest BCUT2D eigenvalue weighted by Crippen LogP contribution is 2.51. The Bertz CT molecular complexity index is 738. The summed E-state index contributed by atoms with van der Waals surface area (Å²) in [6.45, 7) is 13.2. The Labute approximate surface area is 164 Å². The van der Waals surface area contributed by atoms with E-state index in [-0.39, 0.29) is 17.7 Å². The minimum Gasteiger partial charge on any atom is -0.461 e. The lowest BCUT2D eigenvalue weighted by atomic mass is 9.61. The molecule has 1 saturated carbocycles. The summed E-state index contributed by atoms with van der Waals surface area (Å²) >= 11 is 1.39. The van der Waals surface area contributed by atoms with E-state index in [1.165, 1.54) is 11.3 Å². The fourth-order valence-electron chi connectivity index (χ4n) is 3.10. The molecule has 1 fully saturated rings. The first-order chi connectivity index (χ1) is 12.4. The summed E-state index contributed by atoms with van der Waals surface area (Å²) in [4.78, 5) is 35.0. The average molecular weight is 397 g/mol. The number of carbonyl (C=O) groups excluding carboxylic acids is 2. The minimum absolute atomic E-state index is 0.0474. The lowest BCUT2D eigenvalue weighted by molar-refractivity contribution is -0.213. The van der Waals surface area contributed by atoms with Gasteiger partial charge in [0, 0.05) is 18.2 Å². The summed E-state index contributed by atoms with van der Waals surface area (Å²) in [6, 6.07) is 0. The number of ether oxygens (including phenoxy) is 2. The van der Waals surface area contributed by atoms with E-state index >= 15 is 0 Å². The molecule has 27 heavy (non-hydrogen) atoms. The van der Waals surface area contributed by atoms with Crippen molar-refractivity contribution in [3.63, 3.8) is 0 Å². The van der Waals surface area contributed by atoms with Gasteiger partial charge in [0.15, 0.2) is 0 Å². The maximum absolute atomic E-state index is 12.8. The molecule has 0 bridgehead atoms. The highest BCUT2D eigenvalue weighted by atomic mass is 32.1. The quantitative estimate of drug-likeness (QED) is 0.414. The second-order valence-electron chi connectivity index (χ2n) is 8.52. The molecule has 2 rings (SSSR count). The maximum Gasteiger partial charge on any atom is 0.362 e. The fourth-order valence-corrected chi connectivity index (χ4v) is 3.70. The van der Waals surface area contributed by atoms with Crippen LogP contribution >= 0.6 is 11.3 Å². The Kier molecular flexibility index (Phi) is 5.99. The molecule has 1 aliphatic carbocycles. The Morgan fingerprint density at radius 3 is 2.37 bits per heavy atom. The van der Waals surface area contributed by atoms with Gasteiger partial charge in [-0.25, -0.2) is 14.6 Å². The number of oxime groups is 1. The van der Waals surface area contributed by atoms with Crippen molar-refractivity contribution in [1.29, 1.82) is 0 Å². The molecule has 0 aromatic carbocycles. The molecule has 1 aliphatic rings. The van der Waals surface area contributed by atoms with Crippen LogP contribution in [0.2, 0.25) is 0 Å². The van der Waals surface area contributed by atoms with E-state index in [1.807, 2.05) is 20.8 Å². The van der Waals surface area contributed by atoms with E-state index in [1.54, 1.807) is 33.1 Å². The molecule has 1 aromatic rings. The predicted molar refractivity (Wildman–Crippen MR) is 103 cm³/mol. The van der Waals surface area contributed by atoms with Crippen molar-refractivity contribution >= 4 is 29.0 Å².